The number of nitrogens with one attached hydrogen (secondary N) is 1. The number of nitrogens with two attached hydrogens (primary N) is 4. The van der Waals surface area contributed by atoms with Crippen LogP contribution in [0.5, 0.6) is 34.5 Å². The molecule has 0 fully saturated rings. The third-order valence-electron chi connectivity index (χ3n) is 11.3. The van der Waals surface area contributed by atoms with Gasteiger partial charge >= 0.3 is 406 Å². The Bertz CT molecular complexity index is 2410. The molecule has 1 unspecified atom stereocenters. The first-order chi connectivity index (χ1) is 33.4. The molecule has 16 heteroatoms. The van der Waals surface area contributed by atoms with Crippen LogP contribution in [0, 0.1) is 0 Å². The monoisotopic (exact) mass is 979 g/mol. The van der Waals surface area contributed by atoms with E-state index < -0.39 is 24.1 Å². The Morgan fingerprint density at radius 1 is 0.426 bits per heavy atom. The van der Waals surface area contributed by atoms with Crippen LogP contribution in [0.15, 0.2) is 162 Å². The quantitative estimate of drug-likeness (QED) is 0.0232. The van der Waals surface area contributed by atoms with Crippen molar-refractivity contribution < 1.29 is 27.5 Å². The summed E-state index contributed by atoms with van der Waals surface area (Å²) >= 11 is 0. The summed E-state index contributed by atoms with van der Waals surface area (Å²) in [5.74, 6) is 3.04. The topological polar surface area (TPSA) is 187 Å². The SMILES string of the molecule is NCCCCc1ccccc1OP1(Oc2ccccc2CCCCN)=NPNP(Oc2ccccc2)(Oc2ccccc2CCCCN)(Oc2ccccc2CCCCN)N1Oc1ccccc1. The van der Waals surface area contributed by atoms with Crippen molar-refractivity contribution >= 4 is 24.1 Å². The van der Waals surface area contributed by atoms with E-state index in [9.17, 15) is 0 Å². The fourth-order valence-electron chi connectivity index (χ4n) is 7.81. The van der Waals surface area contributed by atoms with Gasteiger partial charge in [-0.15, -0.1) is 0 Å². The number of para-hydroxylation sites is 6. The molecule has 1 heterocycles. The summed E-state index contributed by atoms with van der Waals surface area (Å²) in [6.07, 6.45) is 9.46. The molecule has 0 radical (unpaired) electrons. The number of nitrogens with zero attached hydrogens (tertiary/aromatic N) is 2. The number of hydrogen-bond donors (Lipinski definition) is 5. The molecule has 0 saturated heterocycles. The van der Waals surface area contributed by atoms with Crippen molar-refractivity contribution in [2.45, 2.75) is 77.0 Å². The van der Waals surface area contributed by atoms with Crippen molar-refractivity contribution in [1.82, 2.24) is 9.46 Å². The first-order valence-corrected chi connectivity index (χ1v) is 28.2. The Morgan fingerprint density at radius 3 is 1.19 bits per heavy atom. The average Bonchev–Trinajstić information content (AvgIpc) is 3.36. The van der Waals surface area contributed by atoms with Crippen LogP contribution in [0.4, 0.5) is 0 Å². The van der Waals surface area contributed by atoms with Crippen LogP contribution in [-0.2, 0) is 25.7 Å². The Balaban J connectivity index is 1.58. The molecule has 0 bridgehead atoms. The maximum atomic E-state index is 7.83. The molecule has 1 atom stereocenters. The molecule has 362 valence electrons. The van der Waals surface area contributed by atoms with Gasteiger partial charge in [0.2, 0.25) is 0 Å². The summed E-state index contributed by atoms with van der Waals surface area (Å²) in [6.45, 7) is 2.28. The first kappa shape index (κ1) is 50.8. The van der Waals surface area contributed by atoms with Gasteiger partial charge in [-0.2, -0.15) is 0 Å². The fraction of sp³-hybridized carbons (Fsp3) is 0.308. The van der Waals surface area contributed by atoms with Gasteiger partial charge in [0.25, 0.3) is 0 Å². The Morgan fingerprint density at radius 2 is 0.779 bits per heavy atom. The summed E-state index contributed by atoms with van der Waals surface area (Å²) in [5.41, 5.74) is 27.9. The maximum absolute atomic E-state index is 7.83. The van der Waals surface area contributed by atoms with Gasteiger partial charge in [-0.25, -0.2) is 0 Å². The van der Waals surface area contributed by atoms with Crippen LogP contribution >= 0.6 is 24.1 Å². The molecule has 1 aliphatic rings. The second-order valence-corrected chi connectivity index (χ2v) is 23.0. The van der Waals surface area contributed by atoms with Crippen LogP contribution < -0.4 is 55.2 Å². The van der Waals surface area contributed by atoms with E-state index in [-0.39, 0.29) is 0 Å². The number of rotatable bonds is 28. The van der Waals surface area contributed by atoms with Crippen LogP contribution in [0.2, 0.25) is 0 Å². The summed E-state index contributed by atoms with van der Waals surface area (Å²) in [5, 5.41) is 0. The molecule has 9 N–H and O–H groups in total. The van der Waals surface area contributed by atoms with E-state index in [1.165, 1.54) is 0 Å². The number of hydrogen-bond acceptors (Lipinski definition) is 13. The van der Waals surface area contributed by atoms with Crippen LogP contribution in [-0.4, -0.2) is 30.8 Å². The fourth-order valence-corrected chi connectivity index (χ4v) is 17.3. The van der Waals surface area contributed by atoms with E-state index in [1.807, 2.05) is 133 Å². The normalized spacial score (nSPS) is 15.9. The Kier molecular flexibility index (Phi) is 19.1. The van der Waals surface area contributed by atoms with Crippen molar-refractivity contribution in [2.75, 3.05) is 26.2 Å². The van der Waals surface area contributed by atoms with Crippen molar-refractivity contribution in [3.63, 3.8) is 0 Å². The van der Waals surface area contributed by atoms with Gasteiger partial charge < -0.3 is 0 Å². The van der Waals surface area contributed by atoms with E-state index in [2.05, 4.69) is 29.1 Å². The number of unbranched alkanes of at least 4 members (excludes halogenated alkanes) is 4. The minimum atomic E-state index is -5.53. The van der Waals surface area contributed by atoms with Gasteiger partial charge in [-0.1, -0.05) is 0 Å². The zero-order valence-electron chi connectivity index (χ0n) is 38.9. The van der Waals surface area contributed by atoms with Crippen LogP contribution in [0.25, 0.3) is 0 Å². The second-order valence-electron chi connectivity index (χ2n) is 16.5. The van der Waals surface area contributed by atoms with E-state index in [0.717, 1.165) is 73.6 Å². The van der Waals surface area contributed by atoms with E-state index >= 15 is 0 Å². The number of aryl methyl sites for hydroxylation is 4. The molecule has 6 aromatic rings. The number of benzene rings is 6. The van der Waals surface area contributed by atoms with Crippen molar-refractivity contribution in [1.29, 1.82) is 0 Å². The summed E-state index contributed by atoms with van der Waals surface area (Å²) < 4.78 is 45.5. The predicted octanol–water partition coefficient (Wildman–Crippen LogP) is 12.0. The Hall–Kier alpha value is -5.03. The molecule has 1 aliphatic heterocycles. The van der Waals surface area contributed by atoms with E-state index in [1.54, 1.807) is 4.60 Å². The average molecular weight is 980 g/mol. The van der Waals surface area contributed by atoms with Gasteiger partial charge in [-0.3, -0.25) is 0 Å². The van der Waals surface area contributed by atoms with Crippen molar-refractivity contribution in [3.8, 4) is 34.5 Å². The zero-order chi connectivity index (χ0) is 47.4. The van der Waals surface area contributed by atoms with Crippen molar-refractivity contribution in [3.05, 3.63) is 180 Å². The standard InChI is InChI=1S/C52H68N7O6P3/c53-39-19-15-27-43-23-7-11-35-49(43)61-67(62-50-36-12-8-24-44(50)28-16-20-40-54)57-66-58-68(63-48-33-5-2-6-34-48,59(67)60-47-31-3-1-4-32-47,64-51-37-13-9-25-45(51)29-17-21-41-55)65-52-38-14-10-26-46(52)30-18-22-42-56/h1-14,23-26,31-38,58,66H,15-22,27-30,39-42,53-56H2. The molecular formula is C52H68N7O6P3. The van der Waals surface area contributed by atoms with Gasteiger partial charge in [-0.05, 0) is 0 Å². The third-order valence-corrected chi connectivity index (χ3v) is 19.8. The van der Waals surface area contributed by atoms with Gasteiger partial charge in [0.15, 0.2) is 0 Å². The van der Waals surface area contributed by atoms with E-state index in [0.29, 0.717) is 86.4 Å². The minimum absolute atomic E-state index is 0.434. The summed E-state index contributed by atoms with van der Waals surface area (Å²) in [6, 6.07) is 50.8. The molecular weight excluding hydrogens is 912 g/mol. The van der Waals surface area contributed by atoms with Crippen LogP contribution in [0.3, 0.4) is 0 Å². The van der Waals surface area contributed by atoms with Crippen LogP contribution in [0.1, 0.15) is 73.6 Å². The van der Waals surface area contributed by atoms with Crippen molar-refractivity contribution in [2.24, 2.45) is 27.5 Å². The van der Waals surface area contributed by atoms with Gasteiger partial charge in [0, 0.05) is 0 Å². The van der Waals surface area contributed by atoms with E-state index in [4.69, 9.17) is 54.9 Å². The van der Waals surface area contributed by atoms with Gasteiger partial charge in [0.1, 0.15) is 0 Å². The predicted molar refractivity (Wildman–Crippen MR) is 280 cm³/mol. The Labute approximate surface area is 404 Å². The molecule has 0 aromatic heterocycles. The molecule has 0 saturated carbocycles. The first-order valence-electron chi connectivity index (χ1n) is 23.8. The van der Waals surface area contributed by atoms with Gasteiger partial charge in [0.05, 0.1) is 0 Å². The second kappa shape index (κ2) is 25.5. The molecule has 68 heavy (non-hydrogen) atoms. The summed E-state index contributed by atoms with van der Waals surface area (Å²) in [7, 11) is -10.1. The molecule has 0 spiro atoms. The molecule has 0 amide bonds. The summed E-state index contributed by atoms with van der Waals surface area (Å²) in [4.78, 5) is 11.1. The zero-order valence-corrected chi connectivity index (χ0v) is 41.7. The molecule has 7 rings (SSSR count). The molecule has 13 nitrogen and oxygen atoms in total. The molecule has 6 aromatic carbocycles. The molecule has 0 aliphatic carbocycles. The third kappa shape index (κ3) is 13.0.